The number of benzene rings is 1. The van der Waals surface area contributed by atoms with E-state index in [9.17, 15) is 14.7 Å². The molecule has 2 fully saturated rings. The normalized spacial score (nSPS) is 37.3. The molecule has 116 valence electrons. The van der Waals surface area contributed by atoms with Gasteiger partial charge in [0, 0.05) is 0 Å². The SMILES string of the molecule is C[C@@]12C=C[C@@](CO)(O1)[C@@H]1C(=O)N(c3ccc(C#N)cc3)C(=O)[C@@H]12. The Hall–Kier alpha value is -2.49. The van der Waals surface area contributed by atoms with E-state index in [1.54, 1.807) is 43.3 Å². The Kier molecular flexibility index (Phi) is 2.63. The predicted molar refractivity (Wildman–Crippen MR) is 79.1 cm³/mol. The summed E-state index contributed by atoms with van der Waals surface area (Å²) < 4.78 is 5.85. The van der Waals surface area contributed by atoms with Crippen molar-refractivity contribution in [2.45, 2.75) is 18.1 Å². The quantitative estimate of drug-likeness (QED) is 0.643. The molecular weight excluding hydrogens is 296 g/mol. The van der Waals surface area contributed by atoms with E-state index in [-0.39, 0.29) is 18.4 Å². The highest BCUT2D eigenvalue weighted by Crippen LogP contribution is 2.57. The molecule has 2 saturated heterocycles. The molecule has 0 aliphatic carbocycles. The molecule has 6 nitrogen and oxygen atoms in total. The standard InChI is InChI=1S/C17H14N2O4/c1-16-6-7-17(9-20,23-16)13-12(16)14(21)19(15(13)22)11-4-2-10(8-18)3-5-11/h2-7,12-13,20H,9H2,1H3/t12-,13+,16+,17+/m1/s1. The van der Waals surface area contributed by atoms with Crippen molar-refractivity contribution in [2.24, 2.45) is 11.8 Å². The fourth-order valence-electron chi connectivity index (χ4n) is 3.98. The van der Waals surface area contributed by atoms with Gasteiger partial charge in [-0.15, -0.1) is 0 Å². The first kappa shape index (κ1) is 14.1. The molecule has 4 atom stereocenters. The Balaban J connectivity index is 1.78. The average Bonchev–Trinajstić information content (AvgIpc) is 3.14. The van der Waals surface area contributed by atoms with Gasteiger partial charge in [0.1, 0.15) is 5.60 Å². The van der Waals surface area contributed by atoms with Crippen LogP contribution in [0, 0.1) is 23.2 Å². The lowest BCUT2D eigenvalue weighted by atomic mass is 9.73. The van der Waals surface area contributed by atoms with Crippen LogP contribution in [0.25, 0.3) is 0 Å². The molecule has 6 heteroatoms. The fourth-order valence-corrected chi connectivity index (χ4v) is 3.98. The lowest BCUT2D eigenvalue weighted by Gasteiger charge is -2.26. The summed E-state index contributed by atoms with van der Waals surface area (Å²) in [6.45, 7) is 1.42. The summed E-state index contributed by atoms with van der Waals surface area (Å²) in [6.07, 6.45) is 3.46. The van der Waals surface area contributed by atoms with Crippen LogP contribution < -0.4 is 4.90 Å². The van der Waals surface area contributed by atoms with E-state index in [0.717, 1.165) is 4.90 Å². The van der Waals surface area contributed by atoms with Crippen LogP contribution in [0.2, 0.25) is 0 Å². The molecule has 3 heterocycles. The minimum Gasteiger partial charge on any atom is -0.393 e. The van der Waals surface area contributed by atoms with E-state index >= 15 is 0 Å². The van der Waals surface area contributed by atoms with E-state index in [1.807, 2.05) is 6.07 Å². The molecule has 23 heavy (non-hydrogen) atoms. The molecule has 1 N–H and O–H groups in total. The number of nitriles is 1. The Bertz CT molecular complexity index is 794. The molecular formula is C17H14N2O4. The molecule has 3 aliphatic rings. The van der Waals surface area contributed by atoms with Gasteiger partial charge in [-0.05, 0) is 31.2 Å². The topological polar surface area (TPSA) is 90.6 Å². The summed E-state index contributed by atoms with van der Waals surface area (Å²) in [7, 11) is 0. The van der Waals surface area contributed by atoms with Gasteiger partial charge in [-0.1, -0.05) is 12.2 Å². The van der Waals surface area contributed by atoms with Gasteiger partial charge in [-0.25, -0.2) is 4.90 Å². The third-order valence-electron chi connectivity index (χ3n) is 5.06. The van der Waals surface area contributed by atoms with Crippen LogP contribution >= 0.6 is 0 Å². The van der Waals surface area contributed by atoms with Gasteiger partial charge in [-0.2, -0.15) is 5.26 Å². The number of fused-ring (bicyclic) bond motifs is 5. The Morgan fingerprint density at radius 3 is 2.48 bits per heavy atom. The van der Waals surface area contributed by atoms with Gasteiger partial charge < -0.3 is 9.84 Å². The number of anilines is 1. The number of rotatable bonds is 2. The summed E-state index contributed by atoms with van der Waals surface area (Å²) in [5, 5.41) is 18.6. The number of aliphatic hydroxyl groups excluding tert-OH is 1. The summed E-state index contributed by atoms with van der Waals surface area (Å²) in [5.74, 6) is -2.05. The zero-order chi connectivity index (χ0) is 16.4. The fraction of sp³-hybridized carbons (Fsp3) is 0.353. The molecule has 3 aliphatic heterocycles. The summed E-state index contributed by atoms with van der Waals surface area (Å²) in [5.41, 5.74) is -1.10. The van der Waals surface area contributed by atoms with Crippen molar-refractivity contribution in [3.63, 3.8) is 0 Å². The Morgan fingerprint density at radius 2 is 1.87 bits per heavy atom. The van der Waals surface area contributed by atoms with Crippen LogP contribution in [0.5, 0.6) is 0 Å². The van der Waals surface area contributed by atoms with E-state index in [4.69, 9.17) is 10.00 Å². The second-order valence-electron chi connectivity index (χ2n) is 6.36. The largest absolute Gasteiger partial charge is 0.393 e. The molecule has 2 bridgehead atoms. The molecule has 0 unspecified atom stereocenters. The molecule has 2 amide bonds. The summed E-state index contributed by atoms with van der Waals surface area (Å²) >= 11 is 0. The van der Waals surface area contributed by atoms with Crippen LogP contribution in [0.4, 0.5) is 5.69 Å². The van der Waals surface area contributed by atoms with Crippen molar-refractivity contribution in [3.05, 3.63) is 42.0 Å². The average molecular weight is 310 g/mol. The molecule has 0 aromatic heterocycles. The number of hydrogen-bond donors (Lipinski definition) is 1. The third kappa shape index (κ3) is 1.58. The van der Waals surface area contributed by atoms with Crippen LogP contribution in [0.3, 0.4) is 0 Å². The van der Waals surface area contributed by atoms with E-state index < -0.39 is 23.0 Å². The Morgan fingerprint density at radius 1 is 1.22 bits per heavy atom. The van der Waals surface area contributed by atoms with E-state index in [2.05, 4.69) is 0 Å². The molecule has 1 aromatic carbocycles. The van der Waals surface area contributed by atoms with Gasteiger partial charge in [0.05, 0.1) is 41.4 Å². The maximum absolute atomic E-state index is 12.9. The van der Waals surface area contributed by atoms with E-state index in [1.165, 1.54) is 0 Å². The van der Waals surface area contributed by atoms with Crippen LogP contribution in [0.1, 0.15) is 12.5 Å². The minimum absolute atomic E-state index is 0.327. The number of aliphatic hydroxyl groups is 1. The molecule has 0 spiro atoms. The van der Waals surface area contributed by atoms with Crippen molar-refractivity contribution >= 4 is 17.5 Å². The highest BCUT2D eigenvalue weighted by molar-refractivity contribution is 6.23. The Labute approximate surface area is 132 Å². The van der Waals surface area contributed by atoms with Crippen molar-refractivity contribution < 1.29 is 19.4 Å². The van der Waals surface area contributed by atoms with Gasteiger partial charge in [-0.3, -0.25) is 9.59 Å². The van der Waals surface area contributed by atoms with Gasteiger partial charge >= 0.3 is 0 Å². The molecule has 0 radical (unpaired) electrons. The highest BCUT2D eigenvalue weighted by Gasteiger charge is 2.72. The first-order valence-corrected chi connectivity index (χ1v) is 7.35. The molecule has 4 rings (SSSR count). The van der Waals surface area contributed by atoms with Gasteiger partial charge in [0.2, 0.25) is 11.8 Å². The number of carbonyl (C=O) groups is 2. The van der Waals surface area contributed by atoms with Crippen molar-refractivity contribution in [3.8, 4) is 6.07 Å². The number of ether oxygens (including phenoxy) is 1. The molecule has 0 saturated carbocycles. The van der Waals surface area contributed by atoms with Crippen LogP contribution in [0.15, 0.2) is 36.4 Å². The lowest BCUT2D eigenvalue weighted by molar-refractivity contribution is -0.131. The number of hydrogen-bond acceptors (Lipinski definition) is 5. The third-order valence-corrected chi connectivity index (χ3v) is 5.06. The second-order valence-corrected chi connectivity index (χ2v) is 6.36. The first-order chi connectivity index (χ1) is 11.0. The van der Waals surface area contributed by atoms with Crippen molar-refractivity contribution in [1.29, 1.82) is 5.26 Å². The minimum atomic E-state index is -1.12. The second kappa shape index (κ2) is 4.28. The van der Waals surface area contributed by atoms with Crippen LogP contribution in [-0.2, 0) is 14.3 Å². The zero-order valence-corrected chi connectivity index (χ0v) is 12.4. The smallest absolute Gasteiger partial charge is 0.241 e. The number of amides is 2. The number of carbonyl (C=O) groups excluding carboxylic acids is 2. The number of nitrogens with zero attached hydrogens (tertiary/aromatic N) is 2. The summed E-state index contributed by atoms with van der Waals surface area (Å²) in [4.78, 5) is 26.9. The van der Waals surface area contributed by atoms with Gasteiger partial charge in [0.25, 0.3) is 0 Å². The molecule has 1 aromatic rings. The highest BCUT2D eigenvalue weighted by atomic mass is 16.5. The first-order valence-electron chi connectivity index (χ1n) is 7.35. The van der Waals surface area contributed by atoms with Crippen LogP contribution in [-0.4, -0.2) is 34.7 Å². The number of imide groups is 1. The van der Waals surface area contributed by atoms with Gasteiger partial charge in [0.15, 0.2) is 0 Å². The lowest BCUT2D eigenvalue weighted by Crippen LogP contribution is -2.43. The van der Waals surface area contributed by atoms with Crippen molar-refractivity contribution in [2.75, 3.05) is 11.5 Å². The zero-order valence-electron chi connectivity index (χ0n) is 12.4. The van der Waals surface area contributed by atoms with E-state index in [0.29, 0.717) is 11.3 Å². The predicted octanol–water partition coefficient (Wildman–Crippen LogP) is 0.754. The van der Waals surface area contributed by atoms with Crippen molar-refractivity contribution in [1.82, 2.24) is 0 Å². The summed E-state index contributed by atoms with van der Waals surface area (Å²) in [6, 6.07) is 8.30. The maximum Gasteiger partial charge on any atom is 0.241 e. The monoisotopic (exact) mass is 310 g/mol. The maximum atomic E-state index is 12.9.